The van der Waals surface area contributed by atoms with E-state index < -0.39 is 17.5 Å². The molecule has 6 nitrogen and oxygen atoms in total. The molecule has 1 N–H and O–H groups in total. The zero-order valence-corrected chi connectivity index (χ0v) is 14.4. The Kier molecular flexibility index (Phi) is 4.53. The van der Waals surface area contributed by atoms with E-state index in [9.17, 15) is 14.7 Å². The van der Waals surface area contributed by atoms with Gasteiger partial charge in [-0.05, 0) is 38.2 Å². The van der Waals surface area contributed by atoms with Crippen molar-refractivity contribution in [1.29, 1.82) is 0 Å². The molecule has 0 aliphatic carbocycles. The fourth-order valence-corrected chi connectivity index (χ4v) is 3.68. The van der Waals surface area contributed by atoms with Gasteiger partial charge in [-0.15, -0.1) is 0 Å². The van der Waals surface area contributed by atoms with Crippen LogP contribution >= 0.6 is 0 Å². The lowest BCUT2D eigenvalue weighted by molar-refractivity contribution is -0.169. The van der Waals surface area contributed by atoms with Crippen LogP contribution < -0.4 is 0 Å². The van der Waals surface area contributed by atoms with Crippen molar-refractivity contribution in [3.05, 3.63) is 23.3 Å². The van der Waals surface area contributed by atoms with Gasteiger partial charge in [-0.1, -0.05) is 19.1 Å². The fourth-order valence-electron chi connectivity index (χ4n) is 3.68. The van der Waals surface area contributed by atoms with E-state index >= 15 is 0 Å². The minimum Gasteiger partial charge on any atom is -0.459 e. The first-order chi connectivity index (χ1) is 11.3. The van der Waals surface area contributed by atoms with E-state index in [1.165, 1.54) is 6.92 Å². The van der Waals surface area contributed by atoms with Crippen LogP contribution in [0.4, 0.5) is 0 Å². The van der Waals surface area contributed by atoms with Crippen molar-refractivity contribution in [1.82, 2.24) is 4.90 Å². The number of ether oxygens (including phenoxy) is 2. The second-order valence-corrected chi connectivity index (χ2v) is 7.09. The summed E-state index contributed by atoms with van der Waals surface area (Å²) in [5.74, 6) is -1.46. The van der Waals surface area contributed by atoms with Gasteiger partial charge in [0.15, 0.2) is 5.60 Å². The van der Waals surface area contributed by atoms with E-state index in [1.807, 2.05) is 6.08 Å². The number of hydrogen-bond acceptors (Lipinski definition) is 6. The molecule has 2 saturated heterocycles. The number of cyclic esters (lactones) is 1. The second kappa shape index (κ2) is 6.33. The average Bonchev–Trinajstić information content (AvgIpc) is 3.12. The lowest BCUT2D eigenvalue weighted by atomic mass is 10.0. The van der Waals surface area contributed by atoms with Gasteiger partial charge in [-0.25, -0.2) is 9.59 Å². The molecular weight excluding hydrogens is 314 g/mol. The summed E-state index contributed by atoms with van der Waals surface area (Å²) in [4.78, 5) is 27.1. The molecule has 3 aliphatic heterocycles. The summed E-state index contributed by atoms with van der Waals surface area (Å²) >= 11 is 0. The summed E-state index contributed by atoms with van der Waals surface area (Å²) in [5, 5.41) is 10.6. The summed E-state index contributed by atoms with van der Waals surface area (Å²) in [6, 6.07) is -0.0262. The van der Waals surface area contributed by atoms with Crippen molar-refractivity contribution in [2.75, 3.05) is 19.7 Å². The zero-order valence-electron chi connectivity index (χ0n) is 14.4. The number of aliphatic hydroxyl groups is 1. The number of allylic oxidation sites excluding steroid dienone is 1. The third kappa shape index (κ3) is 2.89. The molecule has 2 fully saturated rings. The van der Waals surface area contributed by atoms with Crippen LogP contribution in [0.5, 0.6) is 0 Å². The van der Waals surface area contributed by atoms with Crippen LogP contribution in [0.3, 0.4) is 0 Å². The number of rotatable bonds is 0. The molecular formula is C18H25NO5. The molecule has 4 atom stereocenters. The van der Waals surface area contributed by atoms with Crippen LogP contribution in [0.2, 0.25) is 0 Å². The van der Waals surface area contributed by atoms with E-state index in [0.717, 1.165) is 25.1 Å². The highest BCUT2D eigenvalue weighted by molar-refractivity contribution is 5.89. The van der Waals surface area contributed by atoms with Crippen LogP contribution in [0.1, 0.15) is 33.6 Å². The summed E-state index contributed by atoms with van der Waals surface area (Å²) < 4.78 is 11.2. The van der Waals surface area contributed by atoms with Crippen molar-refractivity contribution < 1.29 is 24.2 Å². The third-order valence-electron chi connectivity index (χ3n) is 5.55. The molecule has 24 heavy (non-hydrogen) atoms. The molecule has 3 aliphatic rings. The predicted octanol–water partition coefficient (Wildman–Crippen LogP) is 1.19. The molecule has 0 spiro atoms. The highest BCUT2D eigenvalue weighted by Crippen LogP contribution is 2.34. The minimum atomic E-state index is -1.65. The Labute approximate surface area is 142 Å². The summed E-state index contributed by atoms with van der Waals surface area (Å²) in [5.41, 5.74) is -0.218. The van der Waals surface area contributed by atoms with Crippen LogP contribution in [0, 0.1) is 5.92 Å². The monoisotopic (exact) mass is 339 g/mol. The molecule has 0 radical (unpaired) electrons. The Morgan fingerprint density at radius 1 is 1.42 bits per heavy atom. The van der Waals surface area contributed by atoms with Crippen molar-refractivity contribution in [3.63, 3.8) is 0 Å². The number of carbonyl (C=O) groups excluding carboxylic acids is 2. The first kappa shape index (κ1) is 17.2. The standard InChI is InChI=1S/C18H25NO5/c1-4-12-9-11(2)18(3,22)17(21)23-10-13-5-7-19-8-6-14(15(13)19)24-16(12)20/h4-5,11,14-15,22H,6-10H2,1-3H3/b12-4-/t11-,14-,15-,18-/m1/s1/i1+1,2+1,4+1,11+1. The molecule has 0 aromatic carbocycles. The van der Waals surface area contributed by atoms with Crippen molar-refractivity contribution in [2.24, 2.45) is 5.92 Å². The average molecular weight is 339 g/mol. The van der Waals surface area contributed by atoms with Crippen LogP contribution in [0.15, 0.2) is 23.3 Å². The maximum Gasteiger partial charge on any atom is 0.338 e. The fraction of sp³-hybridized carbons (Fsp3) is 0.667. The maximum absolute atomic E-state index is 12.5. The van der Waals surface area contributed by atoms with Gasteiger partial charge in [0, 0.05) is 18.7 Å². The molecule has 132 valence electrons. The quantitative estimate of drug-likeness (QED) is 0.309. The Hall–Kier alpha value is -1.66. The second-order valence-electron chi connectivity index (χ2n) is 7.09. The number of esters is 2. The van der Waals surface area contributed by atoms with Crippen molar-refractivity contribution in [3.8, 4) is 0 Å². The number of nitrogens with zero attached hydrogens (tertiary/aromatic N) is 1. The van der Waals surface area contributed by atoms with Gasteiger partial charge < -0.3 is 14.6 Å². The smallest absolute Gasteiger partial charge is 0.338 e. The van der Waals surface area contributed by atoms with Gasteiger partial charge >= 0.3 is 11.9 Å². The first-order valence-corrected chi connectivity index (χ1v) is 8.53. The molecule has 0 bridgehead atoms. The lowest BCUT2D eigenvalue weighted by Crippen LogP contribution is -2.45. The van der Waals surface area contributed by atoms with E-state index in [-0.39, 0.29) is 31.1 Å². The van der Waals surface area contributed by atoms with Crippen molar-refractivity contribution >= 4 is 11.9 Å². The van der Waals surface area contributed by atoms with E-state index in [2.05, 4.69) is 4.90 Å². The minimum absolute atomic E-state index is 0.0262. The molecule has 0 aromatic heterocycles. The largest absolute Gasteiger partial charge is 0.459 e. The highest BCUT2D eigenvalue weighted by Gasteiger charge is 2.45. The zero-order chi connectivity index (χ0) is 17.5. The van der Waals surface area contributed by atoms with Gasteiger partial charge in [0.2, 0.25) is 0 Å². The van der Waals surface area contributed by atoms with Crippen LogP contribution in [-0.4, -0.2) is 59.4 Å². The molecule has 0 aromatic rings. The molecule has 6 heteroatoms. The molecule has 3 rings (SSSR count). The molecule has 0 unspecified atom stereocenters. The Bertz CT molecular complexity index is 607. The van der Waals surface area contributed by atoms with Gasteiger partial charge in [0.1, 0.15) is 12.7 Å². The van der Waals surface area contributed by atoms with Crippen LogP contribution in [-0.2, 0) is 19.1 Å². The van der Waals surface area contributed by atoms with Gasteiger partial charge in [-0.2, -0.15) is 0 Å². The van der Waals surface area contributed by atoms with E-state index in [1.54, 1.807) is 19.9 Å². The third-order valence-corrected chi connectivity index (χ3v) is 5.55. The summed E-state index contributed by atoms with van der Waals surface area (Å²) in [7, 11) is 0. The van der Waals surface area contributed by atoms with E-state index in [0.29, 0.717) is 5.57 Å². The maximum atomic E-state index is 12.5. The predicted molar refractivity (Wildman–Crippen MR) is 87.1 cm³/mol. The van der Waals surface area contributed by atoms with Gasteiger partial charge in [-0.3, -0.25) is 4.90 Å². The lowest BCUT2D eigenvalue weighted by Gasteiger charge is -2.31. The van der Waals surface area contributed by atoms with Crippen molar-refractivity contribution in [2.45, 2.75) is 51.4 Å². The Morgan fingerprint density at radius 3 is 2.88 bits per heavy atom. The SMILES string of the molecule is C[C@]1(O)C(=O)OCC2=CCN3CC[C@@H](OC(=O)/C(=[13CH]\[13CH3])C[13C@H]1[13CH3])[C@@H]23. The topological polar surface area (TPSA) is 76.1 Å². The van der Waals surface area contributed by atoms with Gasteiger partial charge in [0.25, 0.3) is 0 Å². The number of carbonyl (C=O) groups is 2. The number of hydrogen-bond donors (Lipinski definition) is 1. The highest BCUT2D eigenvalue weighted by atomic mass is 16.6. The van der Waals surface area contributed by atoms with Crippen LogP contribution in [0.25, 0.3) is 0 Å². The first-order valence-electron chi connectivity index (χ1n) is 8.53. The summed E-state index contributed by atoms with van der Waals surface area (Å²) in [6.07, 6.45) is 4.56. The molecule has 3 heterocycles. The van der Waals surface area contributed by atoms with Gasteiger partial charge in [0.05, 0.1) is 6.04 Å². The molecule has 0 saturated carbocycles. The van der Waals surface area contributed by atoms with E-state index in [4.69, 9.17) is 9.47 Å². The Morgan fingerprint density at radius 2 is 2.17 bits per heavy atom. The summed E-state index contributed by atoms with van der Waals surface area (Å²) in [6.45, 7) is 6.71. The Balaban J connectivity index is 1.91. The molecule has 0 amide bonds. The normalized spacial score (nSPS) is 39.6.